The van der Waals surface area contributed by atoms with Gasteiger partial charge in [-0.3, -0.25) is 0 Å². The summed E-state index contributed by atoms with van der Waals surface area (Å²) < 4.78 is 1.96. The summed E-state index contributed by atoms with van der Waals surface area (Å²) in [4.78, 5) is 21.4. The molecule has 2 aromatic carbocycles. The van der Waals surface area contributed by atoms with E-state index < -0.39 is 5.41 Å². The van der Waals surface area contributed by atoms with Crippen LogP contribution in [0.1, 0.15) is 31.5 Å². The molecule has 5 heteroatoms. The first kappa shape index (κ1) is 22.2. The molecule has 6 rings (SSSR count). The number of nitrogens with zero attached hydrogens (tertiary/aromatic N) is 4. The van der Waals surface area contributed by atoms with Crippen LogP contribution in [0.15, 0.2) is 90.8 Å². The van der Waals surface area contributed by atoms with E-state index in [9.17, 15) is 4.79 Å². The Morgan fingerprint density at radius 2 is 1.67 bits per heavy atom. The SMILES string of the molecule is [C-]#[N+]C1=C[C@@]2(C)c3c(c(-c4ccccc4)nn3-c3ccc(-c4ccccc4)cn3)CC[C@@H]2[C@@H](C)C1=O. The highest BCUT2D eigenvalue weighted by atomic mass is 16.1. The lowest BCUT2D eigenvalue weighted by Gasteiger charge is -2.45. The zero-order chi connectivity index (χ0) is 24.9. The van der Waals surface area contributed by atoms with Crippen LogP contribution in [0.3, 0.4) is 0 Å². The minimum atomic E-state index is -0.499. The van der Waals surface area contributed by atoms with Crippen LogP contribution in [0.4, 0.5) is 0 Å². The third-order valence-corrected chi connectivity index (χ3v) is 7.92. The average molecular weight is 471 g/mol. The quantitative estimate of drug-likeness (QED) is 0.324. The monoisotopic (exact) mass is 470 g/mol. The highest BCUT2D eigenvalue weighted by molar-refractivity contribution is 6.00. The van der Waals surface area contributed by atoms with Crippen molar-refractivity contribution in [2.75, 3.05) is 0 Å². The molecule has 5 nitrogen and oxygen atoms in total. The van der Waals surface area contributed by atoms with Crippen molar-refractivity contribution in [3.05, 3.63) is 113 Å². The van der Waals surface area contributed by atoms with Crippen molar-refractivity contribution < 1.29 is 4.79 Å². The van der Waals surface area contributed by atoms with E-state index in [0.717, 1.165) is 46.7 Å². The van der Waals surface area contributed by atoms with Crippen LogP contribution in [0, 0.1) is 18.4 Å². The first-order valence-electron chi connectivity index (χ1n) is 12.4. The Labute approximate surface area is 211 Å². The van der Waals surface area contributed by atoms with Gasteiger partial charge >= 0.3 is 0 Å². The zero-order valence-corrected chi connectivity index (χ0v) is 20.3. The number of carbonyl (C=O) groups excluding carboxylic acids is 1. The van der Waals surface area contributed by atoms with Crippen molar-refractivity contribution >= 4 is 5.78 Å². The summed E-state index contributed by atoms with van der Waals surface area (Å²) in [5.74, 6) is 0.577. The number of benzene rings is 2. The Morgan fingerprint density at radius 1 is 0.972 bits per heavy atom. The van der Waals surface area contributed by atoms with Crippen molar-refractivity contribution in [2.24, 2.45) is 11.8 Å². The molecule has 0 unspecified atom stereocenters. The van der Waals surface area contributed by atoms with Gasteiger partial charge in [-0.15, -0.1) is 0 Å². The number of hydrogen-bond donors (Lipinski definition) is 0. The van der Waals surface area contributed by atoms with E-state index in [-0.39, 0.29) is 23.3 Å². The molecular formula is C31H26N4O. The summed E-state index contributed by atoms with van der Waals surface area (Å²) in [5.41, 5.74) is 6.11. The Morgan fingerprint density at radius 3 is 2.31 bits per heavy atom. The summed E-state index contributed by atoms with van der Waals surface area (Å²) >= 11 is 0. The van der Waals surface area contributed by atoms with E-state index in [1.165, 1.54) is 5.56 Å². The number of rotatable bonds is 3. The van der Waals surface area contributed by atoms with Gasteiger partial charge in [-0.2, -0.15) is 5.10 Å². The number of ketones is 1. The summed E-state index contributed by atoms with van der Waals surface area (Å²) in [5, 5.41) is 5.13. The summed E-state index contributed by atoms with van der Waals surface area (Å²) in [7, 11) is 0. The van der Waals surface area contributed by atoms with E-state index in [2.05, 4.69) is 42.1 Å². The van der Waals surface area contributed by atoms with Crippen LogP contribution >= 0.6 is 0 Å². The van der Waals surface area contributed by atoms with E-state index in [1.807, 2.05) is 66.3 Å². The standard InChI is InChI=1S/C31H26N4O/c1-20-25-16-15-24-28(22-12-8-5-9-13-22)34-35(30(24)31(25,2)18-26(32-3)29(20)36)27-17-14-23(19-33-27)21-10-6-4-7-11-21/h4-14,17-20,25H,15-16H2,1-2H3/t20-,25-,31-/m1/s1. The van der Waals surface area contributed by atoms with E-state index in [4.69, 9.17) is 16.7 Å². The van der Waals surface area contributed by atoms with Crippen molar-refractivity contribution in [3.8, 4) is 28.2 Å². The smallest absolute Gasteiger partial charge is 0.226 e. The lowest BCUT2D eigenvalue weighted by atomic mass is 9.58. The van der Waals surface area contributed by atoms with Gasteiger partial charge < -0.3 is 4.79 Å². The molecule has 0 aliphatic heterocycles. The van der Waals surface area contributed by atoms with Crippen LogP contribution in [0.25, 0.3) is 33.0 Å². The Kier molecular flexibility index (Phi) is 5.19. The van der Waals surface area contributed by atoms with Crippen LogP contribution in [-0.4, -0.2) is 20.5 Å². The largest absolute Gasteiger partial charge is 0.308 e. The van der Waals surface area contributed by atoms with Gasteiger partial charge in [0.1, 0.15) is 0 Å². The van der Waals surface area contributed by atoms with Crippen molar-refractivity contribution in [2.45, 2.75) is 32.1 Å². The minimum Gasteiger partial charge on any atom is -0.308 e. The van der Waals surface area contributed by atoms with Crippen LogP contribution in [0.5, 0.6) is 0 Å². The normalized spacial score (nSPS) is 22.8. The maximum Gasteiger partial charge on any atom is 0.226 e. The van der Waals surface area contributed by atoms with Gasteiger partial charge in [0, 0.05) is 34.2 Å². The molecule has 36 heavy (non-hydrogen) atoms. The maximum atomic E-state index is 12.9. The number of fused-ring (bicyclic) bond motifs is 3. The lowest BCUT2D eigenvalue weighted by Crippen LogP contribution is -2.46. The topological polar surface area (TPSA) is 52.1 Å². The number of aromatic nitrogens is 3. The molecule has 0 radical (unpaired) electrons. The third-order valence-electron chi connectivity index (χ3n) is 7.92. The molecule has 0 saturated heterocycles. The van der Waals surface area contributed by atoms with E-state index >= 15 is 0 Å². The fourth-order valence-corrected chi connectivity index (χ4v) is 6.13. The molecule has 3 atom stereocenters. The molecule has 0 N–H and O–H groups in total. The van der Waals surface area contributed by atoms with Gasteiger partial charge in [0.05, 0.1) is 18.0 Å². The van der Waals surface area contributed by atoms with Gasteiger partial charge in [0.25, 0.3) is 0 Å². The van der Waals surface area contributed by atoms with Crippen LogP contribution in [-0.2, 0) is 16.6 Å². The van der Waals surface area contributed by atoms with Crippen molar-refractivity contribution in [3.63, 3.8) is 0 Å². The molecule has 4 aromatic rings. The first-order valence-corrected chi connectivity index (χ1v) is 12.4. The summed E-state index contributed by atoms with van der Waals surface area (Å²) in [6.45, 7) is 11.8. The zero-order valence-electron chi connectivity index (χ0n) is 20.3. The second kappa shape index (κ2) is 8.42. The predicted molar refractivity (Wildman–Crippen MR) is 140 cm³/mol. The highest BCUT2D eigenvalue weighted by Gasteiger charge is 2.50. The molecule has 0 spiro atoms. The molecule has 0 fully saturated rings. The molecule has 0 amide bonds. The van der Waals surface area contributed by atoms with Crippen LogP contribution in [0.2, 0.25) is 0 Å². The van der Waals surface area contributed by atoms with Crippen molar-refractivity contribution in [1.29, 1.82) is 0 Å². The molecule has 176 valence electrons. The predicted octanol–water partition coefficient (Wildman–Crippen LogP) is 6.44. The van der Waals surface area contributed by atoms with Crippen LogP contribution < -0.4 is 0 Å². The Bertz CT molecular complexity index is 1530. The van der Waals surface area contributed by atoms with E-state index in [1.54, 1.807) is 0 Å². The van der Waals surface area contributed by atoms with Gasteiger partial charge in [-0.1, -0.05) is 80.6 Å². The molecule has 2 heterocycles. The van der Waals surface area contributed by atoms with Gasteiger partial charge in [-0.05, 0) is 36.5 Å². The highest BCUT2D eigenvalue weighted by Crippen LogP contribution is 2.52. The summed E-state index contributed by atoms with van der Waals surface area (Å²) in [6.07, 6.45) is 5.50. The first-order chi connectivity index (χ1) is 17.5. The molecule has 2 aliphatic carbocycles. The van der Waals surface area contributed by atoms with Gasteiger partial charge in [-0.25, -0.2) is 14.5 Å². The second-order valence-corrected chi connectivity index (χ2v) is 9.95. The molecule has 2 aromatic heterocycles. The molecule has 0 bridgehead atoms. The van der Waals surface area contributed by atoms with E-state index in [0.29, 0.717) is 0 Å². The number of carbonyl (C=O) groups is 1. The Balaban J connectivity index is 1.57. The third kappa shape index (κ3) is 3.33. The molecule has 2 aliphatic rings. The maximum absolute atomic E-state index is 12.9. The number of hydrogen-bond acceptors (Lipinski definition) is 3. The fourth-order valence-electron chi connectivity index (χ4n) is 6.13. The Hall–Kier alpha value is -4.30. The number of pyridine rings is 1. The lowest BCUT2D eigenvalue weighted by molar-refractivity contribution is -0.121. The van der Waals surface area contributed by atoms with Gasteiger partial charge in [0.2, 0.25) is 5.70 Å². The summed E-state index contributed by atoms with van der Waals surface area (Å²) in [6, 6.07) is 24.5. The fraction of sp³-hybridized carbons (Fsp3) is 0.226. The minimum absolute atomic E-state index is 0.0457. The number of Topliss-reactive ketones (excluding diaryl/α,β-unsaturated/α-hetero) is 1. The van der Waals surface area contributed by atoms with Crippen molar-refractivity contribution in [1.82, 2.24) is 14.8 Å². The average Bonchev–Trinajstić information content (AvgIpc) is 3.33. The number of allylic oxidation sites excluding steroid dienone is 2. The second-order valence-electron chi connectivity index (χ2n) is 9.95. The van der Waals surface area contributed by atoms with Gasteiger partial charge in [0.15, 0.2) is 11.6 Å². The molecule has 0 saturated carbocycles. The molecular weight excluding hydrogens is 444 g/mol.